The van der Waals surface area contributed by atoms with Crippen molar-refractivity contribution in [2.24, 2.45) is 0 Å². The molecular formula is C12H16BrNO2. The Balaban J connectivity index is 2.32. The van der Waals surface area contributed by atoms with Crippen molar-refractivity contribution in [3.63, 3.8) is 0 Å². The number of benzene rings is 1. The van der Waals surface area contributed by atoms with Crippen molar-refractivity contribution in [3.8, 4) is 0 Å². The molecule has 0 heterocycles. The van der Waals surface area contributed by atoms with E-state index in [1.54, 1.807) is 0 Å². The molecule has 4 heteroatoms. The van der Waals surface area contributed by atoms with Gasteiger partial charge in [0.1, 0.15) is 0 Å². The van der Waals surface area contributed by atoms with Crippen LogP contribution in [0.2, 0.25) is 0 Å². The average Bonchev–Trinajstić information content (AvgIpc) is 2.28. The highest BCUT2D eigenvalue weighted by Gasteiger charge is 2.00. The van der Waals surface area contributed by atoms with Crippen LogP contribution < -0.4 is 5.32 Å². The van der Waals surface area contributed by atoms with Gasteiger partial charge in [-0.1, -0.05) is 28.1 Å². The first-order valence-corrected chi connectivity index (χ1v) is 5.95. The Morgan fingerprint density at radius 1 is 1.50 bits per heavy atom. The topological polar surface area (TPSA) is 38.3 Å². The van der Waals surface area contributed by atoms with Crippen molar-refractivity contribution in [2.75, 3.05) is 13.7 Å². The number of aryl methyl sites for hydroxylation is 1. The summed E-state index contributed by atoms with van der Waals surface area (Å²) in [5.41, 5.74) is 2.42. The maximum atomic E-state index is 10.9. The van der Waals surface area contributed by atoms with E-state index in [1.165, 1.54) is 18.2 Å². The number of nitrogens with one attached hydrogen (secondary N) is 1. The van der Waals surface area contributed by atoms with E-state index in [4.69, 9.17) is 0 Å². The van der Waals surface area contributed by atoms with E-state index in [0.29, 0.717) is 13.0 Å². The fraction of sp³-hybridized carbons (Fsp3) is 0.417. The molecule has 0 aromatic heterocycles. The molecule has 1 aromatic rings. The summed E-state index contributed by atoms with van der Waals surface area (Å²) in [6, 6.07) is 6.23. The lowest BCUT2D eigenvalue weighted by Gasteiger charge is -2.06. The first kappa shape index (κ1) is 13.2. The number of rotatable bonds is 5. The molecule has 0 saturated heterocycles. The van der Waals surface area contributed by atoms with Gasteiger partial charge >= 0.3 is 5.97 Å². The Bertz CT molecular complexity index is 366. The molecule has 0 amide bonds. The Kier molecular flexibility index (Phi) is 5.49. The van der Waals surface area contributed by atoms with Gasteiger partial charge in [0, 0.05) is 17.6 Å². The van der Waals surface area contributed by atoms with Gasteiger partial charge < -0.3 is 10.1 Å². The standard InChI is InChI=1S/C12H16BrNO2/c1-9-3-4-10(7-11(9)13)8-14-6-5-12(15)16-2/h3-4,7,14H,5-6,8H2,1-2H3. The quantitative estimate of drug-likeness (QED) is 0.667. The van der Waals surface area contributed by atoms with Gasteiger partial charge in [-0.3, -0.25) is 4.79 Å². The van der Waals surface area contributed by atoms with Crippen molar-refractivity contribution in [1.82, 2.24) is 5.32 Å². The maximum absolute atomic E-state index is 10.9. The fourth-order valence-electron chi connectivity index (χ4n) is 1.27. The monoisotopic (exact) mass is 285 g/mol. The summed E-state index contributed by atoms with van der Waals surface area (Å²) in [6.45, 7) is 3.45. The average molecular weight is 286 g/mol. The van der Waals surface area contributed by atoms with Gasteiger partial charge in [-0.05, 0) is 24.1 Å². The van der Waals surface area contributed by atoms with Gasteiger partial charge in [-0.25, -0.2) is 0 Å². The molecule has 1 rings (SSSR count). The number of ether oxygens (including phenoxy) is 1. The largest absolute Gasteiger partial charge is 0.469 e. The van der Waals surface area contributed by atoms with Crippen LogP contribution in [0.25, 0.3) is 0 Å². The highest BCUT2D eigenvalue weighted by molar-refractivity contribution is 9.10. The van der Waals surface area contributed by atoms with Crippen LogP contribution in [0.3, 0.4) is 0 Å². The molecule has 0 aliphatic heterocycles. The Morgan fingerprint density at radius 3 is 2.88 bits per heavy atom. The van der Waals surface area contributed by atoms with E-state index in [9.17, 15) is 4.79 Å². The highest BCUT2D eigenvalue weighted by atomic mass is 79.9. The summed E-state index contributed by atoms with van der Waals surface area (Å²) in [7, 11) is 1.40. The van der Waals surface area contributed by atoms with Crippen molar-refractivity contribution in [3.05, 3.63) is 33.8 Å². The molecule has 0 bridgehead atoms. The molecular weight excluding hydrogens is 270 g/mol. The molecule has 3 nitrogen and oxygen atoms in total. The summed E-state index contributed by atoms with van der Waals surface area (Å²) >= 11 is 3.49. The lowest BCUT2D eigenvalue weighted by molar-refractivity contribution is -0.140. The molecule has 16 heavy (non-hydrogen) atoms. The van der Waals surface area contributed by atoms with Crippen LogP contribution >= 0.6 is 15.9 Å². The molecule has 0 saturated carbocycles. The Morgan fingerprint density at radius 2 is 2.25 bits per heavy atom. The molecule has 0 atom stereocenters. The number of hydrogen-bond donors (Lipinski definition) is 1. The second kappa shape index (κ2) is 6.66. The summed E-state index contributed by atoms with van der Waals surface area (Å²) in [4.78, 5) is 10.9. The molecule has 1 aromatic carbocycles. The van der Waals surface area contributed by atoms with E-state index in [-0.39, 0.29) is 5.97 Å². The molecule has 0 aliphatic rings. The van der Waals surface area contributed by atoms with Gasteiger partial charge in [0.05, 0.1) is 13.5 Å². The van der Waals surface area contributed by atoms with E-state index < -0.39 is 0 Å². The van der Waals surface area contributed by atoms with E-state index in [1.807, 2.05) is 0 Å². The van der Waals surface area contributed by atoms with Crippen molar-refractivity contribution < 1.29 is 9.53 Å². The zero-order valence-electron chi connectivity index (χ0n) is 9.55. The van der Waals surface area contributed by atoms with E-state index in [0.717, 1.165) is 11.0 Å². The van der Waals surface area contributed by atoms with Crippen molar-refractivity contribution >= 4 is 21.9 Å². The first-order chi connectivity index (χ1) is 7.63. The highest BCUT2D eigenvalue weighted by Crippen LogP contribution is 2.17. The third-order valence-corrected chi connectivity index (χ3v) is 3.15. The number of methoxy groups -OCH3 is 1. The minimum Gasteiger partial charge on any atom is -0.469 e. The van der Waals surface area contributed by atoms with Crippen LogP contribution in [0.1, 0.15) is 17.5 Å². The summed E-state index contributed by atoms with van der Waals surface area (Å²) in [5.74, 6) is -0.183. The number of halogens is 1. The second-order valence-corrected chi connectivity index (χ2v) is 4.44. The third kappa shape index (κ3) is 4.33. The predicted molar refractivity (Wildman–Crippen MR) is 67.2 cm³/mol. The number of carbonyl (C=O) groups is 1. The minimum absolute atomic E-state index is 0.183. The zero-order valence-corrected chi connectivity index (χ0v) is 11.1. The lowest BCUT2D eigenvalue weighted by Crippen LogP contribution is -2.18. The van der Waals surface area contributed by atoms with Crippen LogP contribution in [-0.4, -0.2) is 19.6 Å². The molecule has 0 aliphatic carbocycles. The van der Waals surface area contributed by atoms with Crippen LogP contribution in [0.15, 0.2) is 22.7 Å². The normalized spacial score (nSPS) is 10.2. The number of esters is 1. The van der Waals surface area contributed by atoms with Crippen LogP contribution in [0, 0.1) is 6.92 Å². The Labute approximate surface area is 104 Å². The fourth-order valence-corrected chi connectivity index (χ4v) is 1.70. The van der Waals surface area contributed by atoms with E-state index in [2.05, 4.69) is 51.1 Å². The van der Waals surface area contributed by atoms with E-state index >= 15 is 0 Å². The van der Waals surface area contributed by atoms with Crippen molar-refractivity contribution in [2.45, 2.75) is 19.9 Å². The molecule has 0 spiro atoms. The van der Waals surface area contributed by atoms with Crippen molar-refractivity contribution in [1.29, 1.82) is 0 Å². The Hall–Kier alpha value is -0.870. The van der Waals surface area contributed by atoms with Gasteiger partial charge in [0.15, 0.2) is 0 Å². The van der Waals surface area contributed by atoms with Gasteiger partial charge in [0.2, 0.25) is 0 Å². The predicted octanol–water partition coefficient (Wildman–Crippen LogP) is 2.41. The number of carbonyl (C=O) groups excluding carboxylic acids is 1. The molecule has 1 N–H and O–H groups in total. The molecule has 88 valence electrons. The summed E-state index contributed by atoms with van der Waals surface area (Å²) < 4.78 is 5.66. The van der Waals surface area contributed by atoms with Crippen LogP contribution in [0.4, 0.5) is 0 Å². The zero-order chi connectivity index (χ0) is 12.0. The maximum Gasteiger partial charge on any atom is 0.306 e. The first-order valence-electron chi connectivity index (χ1n) is 5.16. The lowest BCUT2D eigenvalue weighted by atomic mass is 10.1. The third-order valence-electron chi connectivity index (χ3n) is 2.30. The summed E-state index contributed by atoms with van der Waals surface area (Å²) in [6.07, 6.45) is 0.406. The van der Waals surface area contributed by atoms with Crippen LogP contribution in [-0.2, 0) is 16.1 Å². The molecule has 0 fully saturated rings. The molecule has 0 radical (unpaired) electrons. The SMILES string of the molecule is COC(=O)CCNCc1ccc(C)c(Br)c1. The van der Waals surface area contributed by atoms with Gasteiger partial charge in [-0.15, -0.1) is 0 Å². The summed E-state index contributed by atoms with van der Waals surface area (Å²) in [5, 5.41) is 3.19. The van der Waals surface area contributed by atoms with Crippen LogP contribution in [0.5, 0.6) is 0 Å². The smallest absolute Gasteiger partial charge is 0.306 e. The molecule has 0 unspecified atom stereocenters. The minimum atomic E-state index is -0.183. The second-order valence-electron chi connectivity index (χ2n) is 3.59. The van der Waals surface area contributed by atoms with Gasteiger partial charge in [0.25, 0.3) is 0 Å². The number of hydrogen-bond acceptors (Lipinski definition) is 3. The van der Waals surface area contributed by atoms with Gasteiger partial charge in [-0.2, -0.15) is 0 Å².